The lowest BCUT2D eigenvalue weighted by Gasteiger charge is -2.32. The number of nitriles is 1. The van der Waals surface area contributed by atoms with E-state index >= 15 is 0 Å². The van der Waals surface area contributed by atoms with E-state index < -0.39 is 0 Å². The van der Waals surface area contributed by atoms with Crippen molar-refractivity contribution in [2.75, 3.05) is 25.0 Å². The van der Waals surface area contributed by atoms with E-state index in [-0.39, 0.29) is 18.6 Å². The molecule has 1 aliphatic rings. The number of piperidine rings is 1. The fraction of sp³-hybridized carbons (Fsp3) is 0.462. The third kappa shape index (κ3) is 3.01. The molecule has 0 aliphatic carbocycles. The standard InChI is InChI=1S/C13H16N4O2/c14-9-10-3-1-5-15-12(10)16-11-4-2-6-17(7-8-18)13(11)19/h1,3,5,11,18H,2,4,6-8H2,(H,15,16)/t11-/m1/s1. The number of aliphatic hydroxyl groups is 1. The molecule has 100 valence electrons. The Morgan fingerprint density at radius 2 is 2.47 bits per heavy atom. The molecule has 0 radical (unpaired) electrons. The first-order valence-electron chi connectivity index (χ1n) is 6.27. The van der Waals surface area contributed by atoms with E-state index in [0.29, 0.717) is 30.9 Å². The van der Waals surface area contributed by atoms with Crippen molar-refractivity contribution < 1.29 is 9.90 Å². The maximum Gasteiger partial charge on any atom is 0.245 e. The first-order valence-corrected chi connectivity index (χ1v) is 6.27. The average Bonchev–Trinajstić information content (AvgIpc) is 2.44. The number of β-amino-alcohol motifs (C(OH)–C–C–N with tert-alkyl or cyclic N) is 1. The van der Waals surface area contributed by atoms with Gasteiger partial charge in [0.05, 0.1) is 12.2 Å². The number of nitrogens with zero attached hydrogens (tertiary/aromatic N) is 3. The Labute approximate surface area is 111 Å². The van der Waals surface area contributed by atoms with Crippen LogP contribution in [0, 0.1) is 11.3 Å². The van der Waals surface area contributed by atoms with Gasteiger partial charge in [-0.1, -0.05) is 0 Å². The molecule has 19 heavy (non-hydrogen) atoms. The fourth-order valence-electron chi connectivity index (χ4n) is 2.19. The first-order chi connectivity index (χ1) is 9.26. The van der Waals surface area contributed by atoms with Crippen molar-refractivity contribution in [1.82, 2.24) is 9.88 Å². The smallest absolute Gasteiger partial charge is 0.245 e. The minimum absolute atomic E-state index is 0.0362. The predicted octanol–water partition coefficient (Wildman–Crippen LogP) is 0.348. The van der Waals surface area contributed by atoms with Gasteiger partial charge >= 0.3 is 0 Å². The van der Waals surface area contributed by atoms with Gasteiger partial charge in [0.1, 0.15) is 17.9 Å². The SMILES string of the molecule is N#Cc1cccnc1N[C@@H]1CCCN(CCO)C1=O. The van der Waals surface area contributed by atoms with Crippen LogP contribution in [-0.2, 0) is 4.79 Å². The zero-order valence-electron chi connectivity index (χ0n) is 10.5. The maximum atomic E-state index is 12.2. The van der Waals surface area contributed by atoms with Gasteiger partial charge in [-0.15, -0.1) is 0 Å². The topological polar surface area (TPSA) is 89.2 Å². The zero-order chi connectivity index (χ0) is 13.7. The average molecular weight is 260 g/mol. The Bertz CT molecular complexity index is 496. The van der Waals surface area contributed by atoms with Gasteiger partial charge in [-0.2, -0.15) is 5.26 Å². The third-order valence-corrected chi connectivity index (χ3v) is 3.14. The van der Waals surface area contributed by atoms with Crippen LogP contribution >= 0.6 is 0 Å². The highest BCUT2D eigenvalue weighted by Gasteiger charge is 2.28. The predicted molar refractivity (Wildman–Crippen MR) is 69.3 cm³/mol. The van der Waals surface area contributed by atoms with Crippen LogP contribution in [0.3, 0.4) is 0 Å². The summed E-state index contributed by atoms with van der Waals surface area (Å²) in [5, 5.41) is 20.9. The molecular weight excluding hydrogens is 244 g/mol. The molecule has 0 spiro atoms. The van der Waals surface area contributed by atoms with Crippen LogP contribution in [0.4, 0.5) is 5.82 Å². The largest absolute Gasteiger partial charge is 0.395 e. The summed E-state index contributed by atoms with van der Waals surface area (Å²) < 4.78 is 0. The van der Waals surface area contributed by atoms with Gasteiger partial charge in [0.15, 0.2) is 0 Å². The van der Waals surface area contributed by atoms with E-state index in [1.54, 1.807) is 23.2 Å². The number of aliphatic hydroxyl groups excluding tert-OH is 1. The molecule has 0 saturated carbocycles. The summed E-state index contributed by atoms with van der Waals surface area (Å²) in [6.07, 6.45) is 3.17. The summed E-state index contributed by atoms with van der Waals surface area (Å²) in [7, 11) is 0. The van der Waals surface area contributed by atoms with E-state index in [0.717, 1.165) is 6.42 Å². The van der Waals surface area contributed by atoms with Crippen molar-refractivity contribution in [2.24, 2.45) is 0 Å². The van der Waals surface area contributed by atoms with Crippen molar-refractivity contribution in [3.63, 3.8) is 0 Å². The molecule has 1 saturated heterocycles. The van der Waals surface area contributed by atoms with E-state index in [9.17, 15) is 4.79 Å². The number of pyridine rings is 1. The Morgan fingerprint density at radius 3 is 3.21 bits per heavy atom. The van der Waals surface area contributed by atoms with Crippen LogP contribution in [0.1, 0.15) is 18.4 Å². The molecule has 0 aromatic carbocycles. The van der Waals surface area contributed by atoms with Crippen molar-refractivity contribution in [2.45, 2.75) is 18.9 Å². The molecule has 1 aliphatic heterocycles. The summed E-state index contributed by atoms with van der Waals surface area (Å²) in [4.78, 5) is 17.9. The quantitative estimate of drug-likeness (QED) is 0.815. The number of carbonyl (C=O) groups excluding carboxylic acids is 1. The second-order valence-electron chi connectivity index (χ2n) is 4.40. The molecule has 2 heterocycles. The molecule has 1 amide bonds. The van der Waals surface area contributed by atoms with Gasteiger partial charge in [0.25, 0.3) is 0 Å². The third-order valence-electron chi connectivity index (χ3n) is 3.14. The number of carbonyl (C=O) groups is 1. The molecule has 1 atom stereocenters. The van der Waals surface area contributed by atoms with Gasteiger partial charge in [0, 0.05) is 19.3 Å². The lowest BCUT2D eigenvalue weighted by atomic mass is 10.0. The van der Waals surface area contributed by atoms with Crippen LogP contribution in [0.2, 0.25) is 0 Å². The van der Waals surface area contributed by atoms with Gasteiger partial charge < -0.3 is 15.3 Å². The molecule has 0 bridgehead atoms. The molecule has 6 nitrogen and oxygen atoms in total. The Hall–Kier alpha value is -2.13. The molecule has 2 rings (SSSR count). The van der Waals surface area contributed by atoms with E-state index in [1.807, 2.05) is 6.07 Å². The van der Waals surface area contributed by atoms with Crippen molar-refractivity contribution in [1.29, 1.82) is 5.26 Å². The molecule has 1 aromatic heterocycles. The van der Waals surface area contributed by atoms with Crippen LogP contribution in [0.15, 0.2) is 18.3 Å². The summed E-state index contributed by atoms with van der Waals surface area (Å²) >= 11 is 0. The number of hydrogen-bond acceptors (Lipinski definition) is 5. The number of likely N-dealkylation sites (tertiary alicyclic amines) is 1. The summed E-state index contributed by atoms with van der Waals surface area (Å²) in [5.74, 6) is 0.393. The molecule has 1 aromatic rings. The summed E-state index contributed by atoms with van der Waals surface area (Å²) in [6.45, 7) is 0.987. The second kappa shape index (κ2) is 6.16. The van der Waals surface area contributed by atoms with Crippen LogP contribution in [0.25, 0.3) is 0 Å². The van der Waals surface area contributed by atoms with Crippen molar-refractivity contribution >= 4 is 11.7 Å². The number of amides is 1. The Balaban J connectivity index is 2.10. The highest BCUT2D eigenvalue weighted by atomic mass is 16.3. The number of hydrogen-bond donors (Lipinski definition) is 2. The van der Waals surface area contributed by atoms with E-state index in [2.05, 4.69) is 10.3 Å². The number of nitrogens with one attached hydrogen (secondary N) is 1. The van der Waals surface area contributed by atoms with Crippen LogP contribution in [-0.4, -0.2) is 46.6 Å². The van der Waals surface area contributed by atoms with Crippen LogP contribution in [0.5, 0.6) is 0 Å². The second-order valence-corrected chi connectivity index (χ2v) is 4.40. The zero-order valence-corrected chi connectivity index (χ0v) is 10.5. The van der Waals surface area contributed by atoms with E-state index in [4.69, 9.17) is 10.4 Å². The number of anilines is 1. The molecular formula is C13H16N4O2. The van der Waals surface area contributed by atoms with Gasteiger partial charge in [-0.25, -0.2) is 4.98 Å². The number of aromatic nitrogens is 1. The molecule has 6 heteroatoms. The Kier molecular flexibility index (Phi) is 4.31. The monoisotopic (exact) mass is 260 g/mol. The lowest BCUT2D eigenvalue weighted by molar-refractivity contribution is -0.134. The van der Waals surface area contributed by atoms with Gasteiger partial charge in [-0.3, -0.25) is 4.79 Å². The number of rotatable bonds is 4. The lowest BCUT2D eigenvalue weighted by Crippen LogP contribution is -2.48. The fourth-order valence-corrected chi connectivity index (χ4v) is 2.19. The highest BCUT2D eigenvalue weighted by molar-refractivity contribution is 5.85. The van der Waals surface area contributed by atoms with Gasteiger partial charge in [0.2, 0.25) is 5.91 Å². The summed E-state index contributed by atoms with van der Waals surface area (Å²) in [6, 6.07) is 5.02. The Morgan fingerprint density at radius 1 is 1.63 bits per heavy atom. The van der Waals surface area contributed by atoms with Gasteiger partial charge in [-0.05, 0) is 25.0 Å². The van der Waals surface area contributed by atoms with E-state index in [1.165, 1.54) is 0 Å². The maximum absolute atomic E-state index is 12.2. The minimum atomic E-state index is -0.373. The van der Waals surface area contributed by atoms with Crippen molar-refractivity contribution in [3.05, 3.63) is 23.9 Å². The highest BCUT2D eigenvalue weighted by Crippen LogP contribution is 2.18. The van der Waals surface area contributed by atoms with Crippen LogP contribution < -0.4 is 5.32 Å². The first kappa shape index (κ1) is 13.3. The molecule has 1 fully saturated rings. The summed E-state index contributed by atoms with van der Waals surface area (Å²) in [5.41, 5.74) is 0.426. The normalized spacial score (nSPS) is 19.1. The minimum Gasteiger partial charge on any atom is -0.395 e. The molecule has 2 N–H and O–H groups in total. The van der Waals surface area contributed by atoms with Crippen molar-refractivity contribution in [3.8, 4) is 6.07 Å². The molecule has 0 unspecified atom stereocenters.